The minimum Gasteiger partial charge on any atom is -0.497 e. The summed E-state index contributed by atoms with van der Waals surface area (Å²) < 4.78 is 46.9. The zero-order valence-corrected chi connectivity index (χ0v) is 22.7. The van der Waals surface area contributed by atoms with E-state index in [2.05, 4.69) is 15.6 Å². The number of methoxy groups -OCH3 is 1. The summed E-state index contributed by atoms with van der Waals surface area (Å²) in [4.78, 5) is 32.0. The van der Waals surface area contributed by atoms with Gasteiger partial charge in [-0.3, -0.25) is 4.79 Å². The number of hydrogen-bond acceptors (Lipinski definition) is 7. The van der Waals surface area contributed by atoms with Gasteiger partial charge in [-0.15, -0.1) is 11.3 Å². The average Bonchev–Trinajstić information content (AvgIpc) is 3.26. The predicted molar refractivity (Wildman–Crippen MR) is 141 cm³/mol. The van der Waals surface area contributed by atoms with Crippen molar-refractivity contribution in [3.05, 3.63) is 70.6 Å². The van der Waals surface area contributed by atoms with E-state index >= 15 is 0 Å². The minimum absolute atomic E-state index is 0.0583. The summed E-state index contributed by atoms with van der Waals surface area (Å²) >= 11 is 1.04. The van der Waals surface area contributed by atoms with E-state index in [9.17, 15) is 22.4 Å². The third-order valence-corrected chi connectivity index (χ3v) is 9.59. The summed E-state index contributed by atoms with van der Waals surface area (Å²) in [6, 6.07) is 10.7. The van der Waals surface area contributed by atoms with Crippen LogP contribution in [0, 0.1) is 19.7 Å². The third kappa shape index (κ3) is 6.11. The Balaban J connectivity index is 1.56. The molecule has 1 saturated heterocycles. The number of sulfonamides is 1. The molecule has 1 atom stereocenters. The molecule has 0 saturated carbocycles. The molecule has 2 N–H and O–H groups in total. The van der Waals surface area contributed by atoms with Gasteiger partial charge in [-0.2, -0.15) is 4.31 Å². The van der Waals surface area contributed by atoms with Gasteiger partial charge in [0.25, 0.3) is 10.0 Å². The second kappa shape index (κ2) is 11.5. The Hall–Kier alpha value is -3.55. The summed E-state index contributed by atoms with van der Waals surface area (Å²) in [6.45, 7) is 3.26. The van der Waals surface area contributed by atoms with Crippen LogP contribution < -0.4 is 15.4 Å². The molecular weight excluding hydrogens is 533 g/mol. The lowest BCUT2D eigenvalue weighted by molar-refractivity contribution is -0.126. The number of anilines is 1. The van der Waals surface area contributed by atoms with Crippen molar-refractivity contribution >= 4 is 39.0 Å². The molecule has 1 aliphatic rings. The second-order valence-corrected chi connectivity index (χ2v) is 12.0. The number of urea groups is 1. The molecule has 0 spiro atoms. The Bertz CT molecular complexity index is 1430. The van der Waals surface area contributed by atoms with Crippen LogP contribution >= 0.6 is 11.3 Å². The number of carbonyl (C=O) groups excluding carboxylic acids is 2. The van der Waals surface area contributed by atoms with E-state index in [1.807, 2.05) is 6.07 Å². The number of aryl methyl sites for hydroxylation is 2. The van der Waals surface area contributed by atoms with E-state index in [4.69, 9.17) is 4.74 Å². The van der Waals surface area contributed by atoms with Crippen molar-refractivity contribution in [2.45, 2.75) is 30.6 Å². The summed E-state index contributed by atoms with van der Waals surface area (Å²) in [6.07, 6.45) is 0. The van der Waals surface area contributed by atoms with E-state index in [0.29, 0.717) is 22.1 Å². The number of nitrogens with zero attached hydrogens (tertiary/aromatic N) is 3. The Morgan fingerprint density at radius 1 is 1.16 bits per heavy atom. The van der Waals surface area contributed by atoms with Gasteiger partial charge in [0, 0.05) is 31.9 Å². The standard InChI is InChI=1S/C25H28FN5O5S2/c1-16-24(37-17(2)28-16)38(34,35)31-12-11-30(25(33)29-20-9-7-19(26)8-10-20)15-22(31)23(32)27-14-18-5-4-6-21(13-18)36-3/h4-10,13,22H,11-12,14-15H2,1-3H3,(H,27,32)(H,29,33). The van der Waals surface area contributed by atoms with Crippen molar-refractivity contribution in [2.24, 2.45) is 0 Å². The van der Waals surface area contributed by atoms with E-state index in [0.717, 1.165) is 21.2 Å². The first-order valence-corrected chi connectivity index (χ1v) is 14.0. The maximum absolute atomic E-state index is 13.6. The molecule has 4 rings (SSSR count). The Kier molecular flexibility index (Phi) is 8.29. The largest absolute Gasteiger partial charge is 0.497 e. The zero-order valence-electron chi connectivity index (χ0n) is 21.1. The van der Waals surface area contributed by atoms with Gasteiger partial charge in [0.05, 0.1) is 17.8 Å². The van der Waals surface area contributed by atoms with Crippen molar-refractivity contribution in [3.63, 3.8) is 0 Å². The number of ether oxygens (including phenoxy) is 1. The SMILES string of the molecule is COc1cccc(CNC(=O)C2CN(C(=O)Nc3ccc(F)cc3)CCN2S(=O)(=O)c2sc(C)nc2C)c1. The van der Waals surface area contributed by atoms with E-state index in [1.54, 1.807) is 32.0 Å². The van der Waals surface area contributed by atoms with Crippen LogP contribution in [-0.2, 0) is 21.4 Å². The van der Waals surface area contributed by atoms with Gasteiger partial charge in [0.15, 0.2) is 4.21 Å². The molecule has 1 aromatic heterocycles. The number of nitrogens with one attached hydrogen (secondary N) is 2. The molecule has 202 valence electrons. The van der Waals surface area contributed by atoms with Gasteiger partial charge in [-0.1, -0.05) is 12.1 Å². The van der Waals surface area contributed by atoms with Gasteiger partial charge in [0.1, 0.15) is 17.6 Å². The van der Waals surface area contributed by atoms with Gasteiger partial charge in [0.2, 0.25) is 5.91 Å². The topological polar surface area (TPSA) is 121 Å². The molecule has 1 aliphatic heterocycles. The average molecular weight is 562 g/mol. The van der Waals surface area contributed by atoms with Crippen molar-refractivity contribution in [1.29, 1.82) is 0 Å². The first kappa shape index (κ1) is 27.5. The Labute approximate surface area is 224 Å². The van der Waals surface area contributed by atoms with Crippen molar-refractivity contribution in [1.82, 2.24) is 19.5 Å². The summed E-state index contributed by atoms with van der Waals surface area (Å²) in [7, 11) is -2.53. The molecule has 2 aromatic carbocycles. The minimum atomic E-state index is -4.06. The third-order valence-electron chi connectivity index (χ3n) is 6.02. The fraction of sp³-hybridized carbons (Fsp3) is 0.320. The van der Waals surface area contributed by atoms with Crippen LogP contribution in [0.4, 0.5) is 14.9 Å². The van der Waals surface area contributed by atoms with E-state index < -0.39 is 33.8 Å². The highest BCUT2D eigenvalue weighted by Gasteiger charge is 2.42. The number of hydrogen-bond donors (Lipinski definition) is 2. The summed E-state index contributed by atoms with van der Waals surface area (Å²) in [5.41, 5.74) is 1.50. The lowest BCUT2D eigenvalue weighted by Crippen LogP contribution is -2.61. The normalized spacial score (nSPS) is 16.2. The molecule has 10 nitrogen and oxygen atoms in total. The molecular formula is C25H28FN5O5S2. The molecule has 3 aromatic rings. The first-order valence-electron chi connectivity index (χ1n) is 11.8. The van der Waals surface area contributed by atoms with Crippen LogP contribution in [0.5, 0.6) is 5.75 Å². The lowest BCUT2D eigenvalue weighted by Gasteiger charge is -2.39. The lowest BCUT2D eigenvalue weighted by atomic mass is 10.1. The molecule has 0 radical (unpaired) electrons. The molecule has 13 heteroatoms. The van der Waals surface area contributed by atoms with Crippen LogP contribution in [-0.4, -0.2) is 67.3 Å². The van der Waals surface area contributed by atoms with Gasteiger partial charge in [-0.05, 0) is 55.8 Å². The quantitative estimate of drug-likeness (QED) is 0.457. The number of rotatable bonds is 7. The van der Waals surface area contributed by atoms with Crippen molar-refractivity contribution in [3.8, 4) is 5.75 Å². The molecule has 3 amide bonds. The zero-order chi connectivity index (χ0) is 27.4. The summed E-state index contributed by atoms with van der Waals surface area (Å²) in [5, 5.41) is 6.06. The molecule has 0 bridgehead atoms. The van der Waals surface area contributed by atoms with Crippen LogP contribution in [0.1, 0.15) is 16.3 Å². The van der Waals surface area contributed by atoms with E-state index in [1.165, 1.54) is 36.3 Å². The Morgan fingerprint density at radius 2 is 1.89 bits per heavy atom. The highest BCUT2D eigenvalue weighted by atomic mass is 32.2. The number of thiazole rings is 1. The maximum Gasteiger partial charge on any atom is 0.321 e. The molecule has 1 fully saturated rings. The van der Waals surface area contributed by atoms with Gasteiger partial charge in [-0.25, -0.2) is 22.6 Å². The predicted octanol–water partition coefficient (Wildman–Crippen LogP) is 3.13. The van der Waals surface area contributed by atoms with Crippen molar-refractivity contribution < 1.29 is 27.1 Å². The maximum atomic E-state index is 13.6. The van der Waals surface area contributed by atoms with Gasteiger partial charge >= 0.3 is 6.03 Å². The van der Waals surface area contributed by atoms with Gasteiger partial charge < -0.3 is 20.3 Å². The van der Waals surface area contributed by atoms with Crippen LogP contribution in [0.2, 0.25) is 0 Å². The fourth-order valence-electron chi connectivity index (χ4n) is 4.14. The number of piperazine rings is 1. The first-order chi connectivity index (χ1) is 18.1. The number of benzene rings is 2. The molecule has 0 aliphatic carbocycles. The van der Waals surface area contributed by atoms with Crippen LogP contribution in [0.15, 0.2) is 52.7 Å². The molecule has 1 unspecified atom stereocenters. The fourth-order valence-corrected chi connectivity index (χ4v) is 7.30. The smallest absolute Gasteiger partial charge is 0.321 e. The number of halogens is 1. The van der Waals surface area contributed by atoms with Crippen LogP contribution in [0.25, 0.3) is 0 Å². The highest BCUT2D eigenvalue weighted by Crippen LogP contribution is 2.29. The number of amides is 3. The van der Waals surface area contributed by atoms with Crippen LogP contribution in [0.3, 0.4) is 0 Å². The second-order valence-electron chi connectivity index (χ2n) is 8.69. The van der Waals surface area contributed by atoms with E-state index in [-0.39, 0.29) is 30.4 Å². The summed E-state index contributed by atoms with van der Waals surface area (Å²) in [5.74, 6) is -0.365. The number of carbonyl (C=O) groups is 2. The molecule has 38 heavy (non-hydrogen) atoms. The number of aromatic nitrogens is 1. The molecule has 2 heterocycles. The van der Waals surface area contributed by atoms with Crippen molar-refractivity contribution in [2.75, 3.05) is 32.1 Å². The monoisotopic (exact) mass is 561 g/mol. The Morgan fingerprint density at radius 3 is 2.55 bits per heavy atom. The highest BCUT2D eigenvalue weighted by molar-refractivity contribution is 7.91.